The van der Waals surface area contributed by atoms with E-state index in [-0.39, 0.29) is 0 Å². The molecule has 0 bridgehead atoms. The van der Waals surface area contributed by atoms with Gasteiger partial charge >= 0.3 is 0 Å². The maximum absolute atomic E-state index is 12.9. The van der Waals surface area contributed by atoms with Gasteiger partial charge in [0.05, 0.1) is 6.26 Å². The molecule has 0 saturated carbocycles. The largest absolute Gasteiger partial charge is 0.229 e. The molecule has 0 aliphatic carbocycles. The number of nitrogens with zero attached hydrogens (tertiary/aromatic N) is 1. The lowest BCUT2D eigenvalue weighted by Gasteiger charge is -2.27. The summed E-state index contributed by atoms with van der Waals surface area (Å²) in [5, 5.41) is 0. The predicted molar refractivity (Wildman–Crippen MR) is 40.3 cm³/mol. The minimum Gasteiger partial charge on any atom is -0.229 e. The highest BCUT2D eigenvalue weighted by Gasteiger charge is 2.28. The number of hydrogen-bond acceptors (Lipinski definition) is 2. The first kappa shape index (κ1) is 8.93. The highest BCUT2D eigenvalue weighted by atomic mass is 32.2. The summed E-state index contributed by atoms with van der Waals surface area (Å²) in [6, 6.07) is 0. The Morgan fingerprint density at radius 3 is 2.45 bits per heavy atom. The van der Waals surface area contributed by atoms with Crippen molar-refractivity contribution < 1.29 is 12.8 Å². The summed E-state index contributed by atoms with van der Waals surface area (Å²) >= 11 is 0. The smallest absolute Gasteiger partial charge is 0.213 e. The predicted octanol–water partition coefficient (Wildman–Crippen LogP) is 0.728. The van der Waals surface area contributed by atoms with Gasteiger partial charge in [0.25, 0.3) is 0 Å². The van der Waals surface area contributed by atoms with Crippen LogP contribution < -0.4 is 0 Å². The molecule has 11 heavy (non-hydrogen) atoms. The van der Waals surface area contributed by atoms with E-state index in [0.717, 1.165) is 23.4 Å². The van der Waals surface area contributed by atoms with E-state index in [0.29, 0.717) is 13.0 Å². The Morgan fingerprint density at radius 2 is 2.09 bits per heavy atom. The first-order valence-electron chi connectivity index (χ1n) is 3.63. The van der Waals surface area contributed by atoms with Crippen LogP contribution >= 0.6 is 0 Å². The summed E-state index contributed by atoms with van der Waals surface area (Å²) in [5.74, 6) is 0. The normalized spacial score (nSPS) is 28.7. The van der Waals surface area contributed by atoms with Gasteiger partial charge in [-0.3, -0.25) is 0 Å². The second-order valence-corrected chi connectivity index (χ2v) is 4.74. The van der Waals surface area contributed by atoms with Crippen LogP contribution in [0.3, 0.4) is 0 Å². The number of rotatable bonds is 1. The highest BCUT2D eigenvalue weighted by Crippen LogP contribution is 2.19. The standard InChI is InChI=1S/C6H12FNO2S/c1-11(9,10)8-5-3-2-4-6(8)7/h6H,2-5H2,1H3. The SMILES string of the molecule is CS(=O)(=O)N1CCCCC1F. The molecule has 1 rings (SSSR count). The van der Waals surface area contributed by atoms with E-state index in [9.17, 15) is 12.8 Å². The third kappa shape index (κ3) is 2.13. The molecule has 1 atom stereocenters. The van der Waals surface area contributed by atoms with Gasteiger partial charge in [0.2, 0.25) is 10.0 Å². The minimum atomic E-state index is -3.32. The number of alkyl halides is 1. The fourth-order valence-electron chi connectivity index (χ4n) is 1.24. The Morgan fingerprint density at radius 1 is 1.45 bits per heavy atom. The van der Waals surface area contributed by atoms with Crippen LogP contribution in [0.1, 0.15) is 19.3 Å². The number of piperidine rings is 1. The van der Waals surface area contributed by atoms with Gasteiger partial charge in [-0.15, -0.1) is 0 Å². The number of sulfonamides is 1. The maximum atomic E-state index is 12.9. The maximum Gasteiger partial charge on any atom is 0.213 e. The molecule has 0 radical (unpaired) electrons. The van der Waals surface area contributed by atoms with Gasteiger partial charge in [0, 0.05) is 6.54 Å². The van der Waals surface area contributed by atoms with Crippen molar-refractivity contribution in [2.24, 2.45) is 0 Å². The van der Waals surface area contributed by atoms with Gasteiger partial charge in [0.15, 0.2) is 6.30 Å². The Hall–Kier alpha value is -0.160. The molecule has 0 aromatic rings. The van der Waals surface area contributed by atoms with Crippen LogP contribution in [0.2, 0.25) is 0 Å². The molecular weight excluding hydrogens is 169 g/mol. The zero-order chi connectivity index (χ0) is 8.48. The van der Waals surface area contributed by atoms with E-state index in [1.165, 1.54) is 0 Å². The van der Waals surface area contributed by atoms with Crippen molar-refractivity contribution in [2.45, 2.75) is 25.6 Å². The first-order chi connectivity index (χ1) is 5.02. The topological polar surface area (TPSA) is 37.4 Å². The highest BCUT2D eigenvalue weighted by molar-refractivity contribution is 7.88. The molecule has 0 aromatic carbocycles. The fraction of sp³-hybridized carbons (Fsp3) is 1.00. The van der Waals surface area contributed by atoms with Crippen molar-refractivity contribution in [1.29, 1.82) is 0 Å². The van der Waals surface area contributed by atoms with E-state index in [2.05, 4.69) is 0 Å². The van der Waals surface area contributed by atoms with Crippen LogP contribution in [0.15, 0.2) is 0 Å². The Kier molecular flexibility index (Phi) is 2.49. The molecule has 5 heteroatoms. The molecule has 0 N–H and O–H groups in total. The van der Waals surface area contributed by atoms with Gasteiger partial charge in [0.1, 0.15) is 0 Å². The molecular formula is C6H12FNO2S. The third-order valence-corrected chi connectivity index (χ3v) is 3.07. The van der Waals surface area contributed by atoms with E-state index in [1.807, 2.05) is 0 Å². The summed E-state index contributed by atoms with van der Waals surface area (Å²) in [6.07, 6.45) is 1.65. The van der Waals surface area contributed by atoms with E-state index in [4.69, 9.17) is 0 Å². The molecule has 0 spiro atoms. The quantitative estimate of drug-likeness (QED) is 0.559. The van der Waals surface area contributed by atoms with Gasteiger partial charge < -0.3 is 0 Å². The Bertz CT molecular complexity index is 227. The fourth-order valence-corrected chi connectivity index (χ4v) is 2.22. The molecule has 66 valence electrons. The van der Waals surface area contributed by atoms with Gasteiger partial charge in [-0.1, -0.05) is 0 Å². The van der Waals surface area contributed by atoms with Crippen molar-refractivity contribution >= 4 is 10.0 Å². The van der Waals surface area contributed by atoms with Crippen molar-refractivity contribution in [3.8, 4) is 0 Å². The van der Waals surface area contributed by atoms with E-state index >= 15 is 0 Å². The minimum absolute atomic E-state index is 0.333. The van der Waals surface area contributed by atoms with Crippen LogP contribution in [0.5, 0.6) is 0 Å². The second kappa shape index (κ2) is 3.06. The number of hydrogen-bond donors (Lipinski definition) is 0. The number of halogens is 1. The van der Waals surface area contributed by atoms with Crippen molar-refractivity contribution in [1.82, 2.24) is 4.31 Å². The van der Waals surface area contributed by atoms with E-state index in [1.54, 1.807) is 0 Å². The summed E-state index contributed by atoms with van der Waals surface area (Å²) in [7, 11) is -3.32. The molecule has 0 aromatic heterocycles. The van der Waals surface area contributed by atoms with Crippen LogP contribution in [-0.2, 0) is 10.0 Å². The van der Waals surface area contributed by atoms with Gasteiger partial charge in [-0.05, 0) is 19.3 Å². The average Bonchev–Trinajstić information content (AvgIpc) is 1.86. The van der Waals surface area contributed by atoms with Crippen LogP contribution in [0.25, 0.3) is 0 Å². The zero-order valence-corrected chi connectivity index (χ0v) is 7.27. The Balaban J connectivity index is 2.70. The lowest BCUT2D eigenvalue weighted by atomic mass is 10.2. The summed E-state index contributed by atoms with van der Waals surface area (Å²) < 4.78 is 35.6. The van der Waals surface area contributed by atoms with E-state index < -0.39 is 16.3 Å². The third-order valence-electron chi connectivity index (χ3n) is 1.81. The summed E-state index contributed by atoms with van der Waals surface area (Å²) in [4.78, 5) is 0. The summed E-state index contributed by atoms with van der Waals surface area (Å²) in [5.41, 5.74) is 0. The monoisotopic (exact) mass is 181 g/mol. The van der Waals surface area contributed by atoms with Crippen LogP contribution in [0, 0.1) is 0 Å². The first-order valence-corrected chi connectivity index (χ1v) is 5.47. The second-order valence-electron chi connectivity index (χ2n) is 2.80. The molecule has 3 nitrogen and oxygen atoms in total. The lowest BCUT2D eigenvalue weighted by molar-refractivity contribution is 0.123. The zero-order valence-electron chi connectivity index (χ0n) is 6.46. The molecule has 0 amide bonds. The van der Waals surface area contributed by atoms with Gasteiger partial charge in [-0.2, -0.15) is 4.31 Å². The van der Waals surface area contributed by atoms with Crippen LogP contribution in [-0.4, -0.2) is 31.8 Å². The molecule has 1 saturated heterocycles. The van der Waals surface area contributed by atoms with Crippen molar-refractivity contribution in [3.05, 3.63) is 0 Å². The van der Waals surface area contributed by atoms with Crippen molar-refractivity contribution in [3.63, 3.8) is 0 Å². The average molecular weight is 181 g/mol. The Labute approximate surface area is 66.2 Å². The van der Waals surface area contributed by atoms with Gasteiger partial charge in [-0.25, -0.2) is 12.8 Å². The molecule has 1 aliphatic heterocycles. The van der Waals surface area contributed by atoms with Crippen LogP contribution in [0.4, 0.5) is 4.39 Å². The molecule has 1 aliphatic rings. The lowest BCUT2D eigenvalue weighted by Crippen LogP contribution is -2.40. The summed E-state index contributed by atoms with van der Waals surface area (Å²) in [6.45, 7) is 0.333. The van der Waals surface area contributed by atoms with Crippen molar-refractivity contribution in [2.75, 3.05) is 12.8 Å². The molecule has 1 fully saturated rings. The molecule has 1 unspecified atom stereocenters. The molecule has 1 heterocycles.